The van der Waals surface area contributed by atoms with E-state index in [9.17, 15) is 13.2 Å². The number of carbonyl (C=O) groups excluding carboxylic acids is 1. The van der Waals surface area contributed by atoms with E-state index in [0.29, 0.717) is 26.1 Å². The van der Waals surface area contributed by atoms with Gasteiger partial charge in [0, 0.05) is 25.2 Å². The summed E-state index contributed by atoms with van der Waals surface area (Å²) < 4.78 is 37.1. The highest BCUT2D eigenvalue weighted by Crippen LogP contribution is 2.40. The SMILES string of the molecule is CCOC(=O)C1(S(=O)(=O)NCC(C)(C)N2CCOCC2)CCC1. The highest BCUT2D eigenvalue weighted by atomic mass is 32.2. The van der Waals surface area contributed by atoms with Crippen LogP contribution in [0, 0.1) is 0 Å². The van der Waals surface area contributed by atoms with Crippen LogP contribution in [-0.2, 0) is 24.3 Å². The number of hydrogen-bond acceptors (Lipinski definition) is 6. The second kappa shape index (κ2) is 7.04. The molecule has 0 radical (unpaired) electrons. The van der Waals surface area contributed by atoms with Crippen LogP contribution in [0.1, 0.15) is 40.0 Å². The molecule has 23 heavy (non-hydrogen) atoms. The summed E-state index contributed by atoms with van der Waals surface area (Å²) >= 11 is 0. The summed E-state index contributed by atoms with van der Waals surface area (Å²) in [5.74, 6) is -0.622. The molecule has 1 saturated carbocycles. The van der Waals surface area contributed by atoms with Crippen molar-refractivity contribution in [2.24, 2.45) is 0 Å². The molecule has 7 nitrogen and oxygen atoms in total. The first-order valence-electron chi connectivity index (χ1n) is 8.24. The van der Waals surface area contributed by atoms with Crippen molar-refractivity contribution in [3.8, 4) is 0 Å². The van der Waals surface area contributed by atoms with E-state index in [2.05, 4.69) is 9.62 Å². The predicted molar refractivity (Wildman–Crippen MR) is 86.6 cm³/mol. The first-order chi connectivity index (χ1) is 10.8. The van der Waals surface area contributed by atoms with Gasteiger partial charge in [0.15, 0.2) is 4.75 Å². The van der Waals surface area contributed by atoms with Gasteiger partial charge in [-0.1, -0.05) is 0 Å². The number of hydrogen-bond donors (Lipinski definition) is 1. The molecule has 0 aromatic carbocycles. The molecule has 8 heteroatoms. The fraction of sp³-hybridized carbons (Fsp3) is 0.933. The van der Waals surface area contributed by atoms with E-state index >= 15 is 0 Å². The first kappa shape index (κ1) is 18.6. The van der Waals surface area contributed by atoms with Gasteiger partial charge in [-0.25, -0.2) is 13.1 Å². The summed E-state index contributed by atoms with van der Waals surface area (Å²) in [5, 5.41) is 0. The molecule has 1 aliphatic carbocycles. The van der Waals surface area contributed by atoms with Crippen molar-refractivity contribution in [2.75, 3.05) is 39.5 Å². The number of ether oxygens (including phenoxy) is 2. The number of esters is 1. The van der Waals surface area contributed by atoms with E-state index in [4.69, 9.17) is 9.47 Å². The maximum absolute atomic E-state index is 12.7. The van der Waals surface area contributed by atoms with Crippen molar-refractivity contribution in [1.29, 1.82) is 0 Å². The quantitative estimate of drug-likeness (QED) is 0.675. The molecule has 1 heterocycles. The van der Waals surface area contributed by atoms with Crippen LogP contribution < -0.4 is 4.72 Å². The maximum atomic E-state index is 12.7. The number of carbonyl (C=O) groups is 1. The second-order valence-electron chi connectivity index (χ2n) is 6.80. The van der Waals surface area contributed by atoms with Crippen LogP contribution in [-0.4, -0.2) is 69.0 Å². The smallest absolute Gasteiger partial charge is 0.328 e. The van der Waals surface area contributed by atoms with Crippen LogP contribution in [0.15, 0.2) is 0 Å². The normalized spacial score (nSPS) is 22.4. The number of nitrogens with one attached hydrogen (secondary N) is 1. The lowest BCUT2D eigenvalue weighted by atomic mass is 9.84. The Balaban J connectivity index is 2.04. The Morgan fingerprint density at radius 2 is 1.91 bits per heavy atom. The van der Waals surface area contributed by atoms with Gasteiger partial charge in [-0.15, -0.1) is 0 Å². The van der Waals surface area contributed by atoms with Crippen LogP contribution in [0.4, 0.5) is 0 Å². The molecule has 0 unspecified atom stereocenters. The van der Waals surface area contributed by atoms with Gasteiger partial charge in [0.05, 0.1) is 19.8 Å². The summed E-state index contributed by atoms with van der Waals surface area (Å²) in [4.78, 5) is 14.4. The van der Waals surface area contributed by atoms with Crippen molar-refractivity contribution >= 4 is 16.0 Å². The number of morpholine rings is 1. The van der Waals surface area contributed by atoms with E-state index in [0.717, 1.165) is 19.5 Å². The summed E-state index contributed by atoms with van der Waals surface area (Å²) in [7, 11) is -3.76. The van der Waals surface area contributed by atoms with Crippen molar-refractivity contribution < 1.29 is 22.7 Å². The average Bonchev–Trinajstić information content (AvgIpc) is 2.45. The van der Waals surface area contributed by atoms with E-state index in [1.54, 1.807) is 6.92 Å². The van der Waals surface area contributed by atoms with E-state index in [-0.39, 0.29) is 18.7 Å². The minimum atomic E-state index is -3.76. The van der Waals surface area contributed by atoms with Gasteiger partial charge in [-0.05, 0) is 40.0 Å². The van der Waals surface area contributed by atoms with E-state index in [1.165, 1.54) is 0 Å². The number of sulfonamides is 1. The fourth-order valence-electron chi connectivity index (χ4n) is 3.03. The standard InChI is InChI=1S/C15H28N2O5S/c1-4-22-13(18)15(6-5-7-15)23(19,20)16-12-14(2,3)17-8-10-21-11-9-17/h16H,4-12H2,1-3H3. The Hall–Kier alpha value is -0.700. The van der Waals surface area contributed by atoms with Crippen molar-refractivity contribution in [3.63, 3.8) is 0 Å². The Morgan fingerprint density at radius 3 is 2.39 bits per heavy atom. The topological polar surface area (TPSA) is 84.9 Å². The predicted octanol–water partition coefficient (Wildman–Crippen LogP) is 0.502. The van der Waals surface area contributed by atoms with Gasteiger partial charge < -0.3 is 9.47 Å². The first-order valence-corrected chi connectivity index (χ1v) is 9.73. The van der Waals surface area contributed by atoms with Crippen LogP contribution in [0.2, 0.25) is 0 Å². The Labute approximate surface area is 138 Å². The molecule has 2 aliphatic rings. The Kier molecular flexibility index (Phi) is 5.71. The van der Waals surface area contributed by atoms with Gasteiger partial charge in [0.1, 0.15) is 0 Å². The zero-order valence-corrected chi connectivity index (χ0v) is 15.1. The molecule has 134 valence electrons. The molecule has 1 saturated heterocycles. The molecular formula is C15H28N2O5S. The lowest BCUT2D eigenvalue weighted by Gasteiger charge is -2.43. The molecule has 2 rings (SSSR count). The Morgan fingerprint density at radius 1 is 1.30 bits per heavy atom. The van der Waals surface area contributed by atoms with Crippen molar-refractivity contribution in [3.05, 3.63) is 0 Å². The third-order valence-electron chi connectivity index (χ3n) is 4.89. The molecule has 2 fully saturated rings. The number of rotatable bonds is 7. The van der Waals surface area contributed by atoms with Crippen LogP contribution >= 0.6 is 0 Å². The van der Waals surface area contributed by atoms with Crippen LogP contribution in [0.3, 0.4) is 0 Å². The summed E-state index contributed by atoms with van der Waals surface area (Å²) in [6.07, 6.45) is 1.39. The molecule has 1 N–H and O–H groups in total. The van der Waals surface area contributed by atoms with Crippen molar-refractivity contribution in [1.82, 2.24) is 9.62 Å². The van der Waals surface area contributed by atoms with E-state index in [1.807, 2.05) is 13.8 Å². The molecular weight excluding hydrogens is 320 g/mol. The minimum absolute atomic E-state index is 0.190. The fourth-order valence-corrected chi connectivity index (χ4v) is 4.96. The second-order valence-corrected chi connectivity index (χ2v) is 8.88. The summed E-state index contributed by atoms with van der Waals surface area (Å²) in [5.41, 5.74) is -0.337. The van der Waals surface area contributed by atoms with Gasteiger partial charge in [0.2, 0.25) is 10.0 Å². The molecule has 0 spiro atoms. The molecule has 0 aromatic rings. The lowest BCUT2D eigenvalue weighted by molar-refractivity contribution is -0.148. The van der Waals surface area contributed by atoms with Gasteiger partial charge in [-0.3, -0.25) is 9.69 Å². The van der Waals surface area contributed by atoms with Crippen LogP contribution in [0.25, 0.3) is 0 Å². The van der Waals surface area contributed by atoms with E-state index < -0.39 is 20.7 Å². The maximum Gasteiger partial charge on any atom is 0.328 e. The van der Waals surface area contributed by atoms with Crippen molar-refractivity contribution in [2.45, 2.75) is 50.3 Å². The summed E-state index contributed by atoms with van der Waals surface area (Å²) in [6.45, 7) is 9.00. The molecule has 1 aliphatic heterocycles. The monoisotopic (exact) mass is 348 g/mol. The van der Waals surface area contributed by atoms with Gasteiger partial charge in [0.25, 0.3) is 0 Å². The molecule has 0 amide bonds. The largest absolute Gasteiger partial charge is 0.465 e. The lowest BCUT2D eigenvalue weighted by Crippen LogP contribution is -2.61. The molecule has 0 atom stereocenters. The molecule has 0 aromatic heterocycles. The summed E-state index contributed by atoms with van der Waals surface area (Å²) in [6, 6.07) is 0. The van der Waals surface area contributed by atoms with Crippen LogP contribution in [0.5, 0.6) is 0 Å². The van der Waals surface area contributed by atoms with Gasteiger partial charge >= 0.3 is 5.97 Å². The third-order valence-corrected chi connectivity index (χ3v) is 7.01. The zero-order chi connectivity index (χ0) is 17.1. The minimum Gasteiger partial charge on any atom is -0.465 e. The third kappa shape index (κ3) is 3.70. The highest BCUT2D eigenvalue weighted by molar-refractivity contribution is 7.91. The Bertz CT molecular complexity index is 522. The average molecular weight is 348 g/mol. The highest BCUT2D eigenvalue weighted by Gasteiger charge is 2.56. The van der Waals surface area contributed by atoms with Gasteiger partial charge in [-0.2, -0.15) is 0 Å². The number of nitrogens with zero attached hydrogens (tertiary/aromatic N) is 1. The molecule has 0 bridgehead atoms. The zero-order valence-electron chi connectivity index (χ0n) is 14.3.